The molecule has 0 saturated carbocycles. The second-order valence-electron chi connectivity index (χ2n) is 7.72. The molecule has 0 aromatic carbocycles. The van der Waals surface area contributed by atoms with Gasteiger partial charge in [-0.25, -0.2) is 9.97 Å². The van der Waals surface area contributed by atoms with E-state index in [-0.39, 0.29) is 28.8 Å². The molecule has 12 nitrogen and oxygen atoms in total. The van der Waals surface area contributed by atoms with Gasteiger partial charge >= 0.3 is 0 Å². The molecule has 4 amide bonds. The fourth-order valence-electron chi connectivity index (χ4n) is 3.17. The third kappa shape index (κ3) is 7.19. The van der Waals surface area contributed by atoms with E-state index in [1.807, 2.05) is 0 Å². The Hall–Kier alpha value is -3.14. The van der Waals surface area contributed by atoms with Crippen LogP contribution in [0.2, 0.25) is 0 Å². The molecule has 192 valence electrons. The first-order valence-electron chi connectivity index (χ1n) is 10.8. The normalized spacial score (nSPS) is 16.0. The van der Waals surface area contributed by atoms with Crippen LogP contribution >= 0.6 is 34.4 Å². The lowest BCUT2D eigenvalue weighted by Gasteiger charge is -2.18. The summed E-state index contributed by atoms with van der Waals surface area (Å²) >= 11 is 4.05. The number of amides is 4. The summed E-state index contributed by atoms with van der Waals surface area (Å²) in [5, 5.41) is 9.65. The van der Waals surface area contributed by atoms with E-state index in [0.29, 0.717) is 30.3 Å². The molecule has 1 aliphatic rings. The molecule has 0 bridgehead atoms. The van der Waals surface area contributed by atoms with Crippen molar-refractivity contribution in [2.75, 3.05) is 24.6 Å². The summed E-state index contributed by atoms with van der Waals surface area (Å²) in [6.07, 6.45) is 1.41. The van der Waals surface area contributed by atoms with E-state index in [9.17, 15) is 19.2 Å². The van der Waals surface area contributed by atoms with Gasteiger partial charge in [-0.1, -0.05) is 6.58 Å². The summed E-state index contributed by atoms with van der Waals surface area (Å²) < 4.78 is 0. The number of primary amides is 2. The fraction of sp³-hybridized carbons (Fsp3) is 0.381. The summed E-state index contributed by atoms with van der Waals surface area (Å²) in [6.45, 7) is 4.31. The molecule has 0 saturated heterocycles. The Morgan fingerprint density at radius 2 is 1.92 bits per heavy atom. The number of aliphatic imine (C=N–C) groups is 1. The summed E-state index contributed by atoms with van der Waals surface area (Å²) in [6, 6.07) is -0.952. The number of nitrogens with zero attached hydrogens (tertiary/aromatic N) is 3. The first kappa shape index (κ1) is 27.4. The number of hydrogen-bond donors (Lipinski definition) is 5. The van der Waals surface area contributed by atoms with Crippen LogP contribution in [0, 0.1) is 0 Å². The lowest BCUT2D eigenvalue weighted by atomic mass is 9.98. The lowest BCUT2D eigenvalue weighted by molar-refractivity contribution is -0.123. The van der Waals surface area contributed by atoms with Crippen molar-refractivity contribution in [1.82, 2.24) is 20.6 Å². The van der Waals surface area contributed by atoms with Gasteiger partial charge in [0.25, 0.3) is 17.7 Å². The van der Waals surface area contributed by atoms with E-state index in [1.54, 1.807) is 10.8 Å². The standard InChI is InChI=1S/C21H26N8O4S3/c1-10(16(23)30)26-18(32)14(7-34-5-4-22)27-19(33)15-9-36-21(29-15)12-3-2-11(6-25-12)20-28-13(8-35-20)17(24)31/h8-9,11,14H,1-7,22H2,(H2,23,30)(H2,24,31)(H,26,32)(H,27,33)/t11-,14?/m0/s1. The van der Waals surface area contributed by atoms with Crippen molar-refractivity contribution in [1.29, 1.82) is 0 Å². The van der Waals surface area contributed by atoms with Crippen molar-refractivity contribution in [2.45, 2.75) is 24.8 Å². The number of hydrogen-bond acceptors (Lipinski definition) is 11. The smallest absolute Gasteiger partial charge is 0.271 e. The van der Waals surface area contributed by atoms with E-state index in [4.69, 9.17) is 17.2 Å². The van der Waals surface area contributed by atoms with Crippen molar-refractivity contribution in [3.63, 3.8) is 0 Å². The Balaban J connectivity index is 1.64. The van der Waals surface area contributed by atoms with Gasteiger partial charge in [-0.15, -0.1) is 22.7 Å². The first-order chi connectivity index (χ1) is 17.2. The number of thiazole rings is 2. The highest BCUT2D eigenvalue weighted by atomic mass is 32.2. The van der Waals surface area contributed by atoms with Gasteiger partial charge in [0.1, 0.15) is 22.4 Å². The minimum Gasteiger partial charge on any atom is -0.364 e. The molecule has 0 fully saturated rings. The number of thioether (sulfide) groups is 1. The van der Waals surface area contributed by atoms with E-state index in [2.05, 4.69) is 32.2 Å². The molecule has 15 heteroatoms. The van der Waals surface area contributed by atoms with Crippen LogP contribution in [-0.2, 0) is 9.59 Å². The maximum absolute atomic E-state index is 12.8. The third-order valence-electron chi connectivity index (χ3n) is 5.08. The zero-order valence-corrected chi connectivity index (χ0v) is 21.6. The van der Waals surface area contributed by atoms with E-state index in [1.165, 1.54) is 34.4 Å². The van der Waals surface area contributed by atoms with Crippen molar-refractivity contribution < 1.29 is 19.2 Å². The van der Waals surface area contributed by atoms with Crippen LogP contribution in [0.3, 0.4) is 0 Å². The molecule has 2 atom stereocenters. The van der Waals surface area contributed by atoms with Crippen molar-refractivity contribution in [3.05, 3.63) is 44.4 Å². The van der Waals surface area contributed by atoms with Crippen LogP contribution in [0.25, 0.3) is 0 Å². The fourth-order valence-corrected chi connectivity index (χ4v) is 5.75. The number of nitrogens with one attached hydrogen (secondary N) is 2. The molecule has 8 N–H and O–H groups in total. The highest BCUT2D eigenvalue weighted by Crippen LogP contribution is 2.30. The van der Waals surface area contributed by atoms with Crippen LogP contribution in [0.5, 0.6) is 0 Å². The number of carbonyl (C=O) groups is 4. The monoisotopic (exact) mass is 550 g/mol. The molecule has 36 heavy (non-hydrogen) atoms. The summed E-state index contributed by atoms with van der Waals surface area (Å²) in [5.41, 5.74) is 16.8. The second-order valence-corrected chi connectivity index (χ2v) is 10.6. The minimum atomic E-state index is -0.952. The molecule has 3 heterocycles. The van der Waals surface area contributed by atoms with Crippen molar-refractivity contribution in [2.24, 2.45) is 22.2 Å². The van der Waals surface area contributed by atoms with Crippen molar-refractivity contribution >= 4 is 63.8 Å². The molecule has 2 aromatic heterocycles. The van der Waals surface area contributed by atoms with Gasteiger partial charge in [-0.3, -0.25) is 24.2 Å². The Morgan fingerprint density at radius 1 is 1.17 bits per heavy atom. The Kier molecular flexibility index (Phi) is 9.69. The number of nitrogens with two attached hydrogens (primary N) is 3. The van der Waals surface area contributed by atoms with Crippen LogP contribution in [0.4, 0.5) is 0 Å². The van der Waals surface area contributed by atoms with Crippen molar-refractivity contribution in [3.8, 4) is 0 Å². The van der Waals surface area contributed by atoms with E-state index in [0.717, 1.165) is 17.1 Å². The maximum atomic E-state index is 12.8. The Labute approximate surface area is 219 Å². The third-order valence-corrected chi connectivity index (χ3v) is 8.07. The van der Waals surface area contributed by atoms with Crippen LogP contribution in [0.1, 0.15) is 49.8 Å². The molecule has 1 aliphatic heterocycles. The molecule has 0 aliphatic carbocycles. The maximum Gasteiger partial charge on any atom is 0.271 e. The molecule has 3 rings (SSSR count). The number of aromatic nitrogens is 2. The van der Waals surface area contributed by atoms with Crippen LogP contribution in [0.15, 0.2) is 28.0 Å². The molecule has 0 radical (unpaired) electrons. The van der Waals surface area contributed by atoms with Crippen LogP contribution in [-0.4, -0.2) is 69.9 Å². The van der Waals surface area contributed by atoms with Gasteiger partial charge in [0.15, 0.2) is 0 Å². The largest absolute Gasteiger partial charge is 0.364 e. The van der Waals surface area contributed by atoms with Gasteiger partial charge in [-0.2, -0.15) is 11.8 Å². The van der Waals surface area contributed by atoms with Gasteiger partial charge in [0, 0.05) is 41.3 Å². The van der Waals surface area contributed by atoms with Gasteiger partial charge < -0.3 is 27.8 Å². The van der Waals surface area contributed by atoms with Gasteiger partial charge in [0.05, 0.1) is 16.4 Å². The van der Waals surface area contributed by atoms with Crippen LogP contribution < -0.4 is 27.8 Å². The highest BCUT2D eigenvalue weighted by molar-refractivity contribution is 7.99. The summed E-state index contributed by atoms with van der Waals surface area (Å²) in [4.78, 5) is 61.2. The SMILES string of the molecule is C=C(NC(=O)C(CSCCN)NC(=O)c1csc(C2=NC[C@@H](c3nc(C(N)=O)cs3)CC2)n1)C(N)=O. The highest BCUT2D eigenvalue weighted by Gasteiger charge is 2.26. The zero-order valence-electron chi connectivity index (χ0n) is 19.2. The average molecular weight is 551 g/mol. The van der Waals surface area contributed by atoms with Gasteiger partial charge in [0.2, 0.25) is 5.91 Å². The quantitative estimate of drug-likeness (QED) is 0.178. The molecule has 0 spiro atoms. The summed E-state index contributed by atoms with van der Waals surface area (Å²) in [5.74, 6) is -1.66. The predicted octanol–water partition coefficient (Wildman–Crippen LogP) is -0.0293. The second kappa shape index (κ2) is 12.7. The molecule has 1 unspecified atom stereocenters. The molecular weight excluding hydrogens is 524 g/mol. The number of carbonyl (C=O) groups excluding carboxylic acids is 4. The molecule has 2 aromatic rings. The molecular formula is C21H26N8O4S3. The average Bonchev–Trinajstić information content (AvgIpc) is 3.54. The van der Waals surface area contributed by atoms with Gasteiger partial charge in [-0.05, 0) is 12.8 Å². The number of rotatable bonds is 12. The minimum absolute atomic E-state index is 0.0926. The topological polar surface area (TPSA) is 209 Å². The van der Waals surface area contributed by atoms with E-state index >= 15 is 0 Å². The Bertz CT molecular complexity index is 1190. The van der Waals surface area contributed by atoms with E-state index < -0.39 is 29.7 Å². The summed E-state index contributed by atoms with van der Waals surface area (Å²) in [7, 11) is 0. The zero-order chi connectivity index (χ0) is 26.2. The first-order valence-corrected chi connectivity index (χ1v) is 13.7. The lowest BCUT2D eigenvalue weighted by Crippen LogP contribution is -2.49. The Morgan fingerprint density at radius 3 is 2.53 bits per heavy atom. The predicted molar refractivity (Wildman–Crippen MR) is 140 cm³/mol.